The van der Waals surface area contributed by atoms with Crippen LogP contribution in [0, 0.1) is 10.1 Å². The highest BCUT2D eigenvalue weighted by Gasteiger charge is 2.26. The number of nitro groups is 1. The normalized spacial score (nSPS) is 10.8. The van der Waals surface area contributed by atoms with E-state index in [1.54, 1.807) is 4.72 Å². The van der Waals surface area contributed by atoms with E-state index in [0.29, 0.717) is 0 Å². The van der Waals surface area contributed by atoms with E-state index in [9.17, 15) is 28.1 Å². The highest BCUT2D eigenvalue weighted by Crippen LogP contribution is 2.30. The summed E-state index contributed by atoms with van der Waals surface area (Å²) in [6.45, 7) is 2.37. The molecular weight excluding hydrogens is 358 g/mol. The number of carbonyl (C=O) groups excluding carboxylic acids is 1. The fourth-order valence-corrected chi connectivity index (χ4v) is 2.66. The number of rotatable bonds is 8. The van der Waals surface area contributed by atoms with Gasteiger partial charge in [0.1, 0.15) is 18.8 Å². The number of hydrogen-bond acceptors (Lipinski definition) is 7. The van der Waals surface area contributed by atoms with E-state index >= 15 is 0 Å². The first-order valence-electron chi connectivity index (χ1n) is 6.61. The molecule has 0 aliphatic heterocycles. The zero-order valence-corrected chi connectivity index (χ0v) is 13.9. The fraction of sp³-hybridized carbons (Fsp3) is 0.231. The van der Waals surface area contributed by atoms with Gasteiger partial charge in [-0.25, -0.2) is 13.2 Å². The third kappa shape index (κ3) is 5.26. The average Bonchev–Trinajstić information content (AvgIpc) is 2.56. The second-order valence-corrected chi connectivity index (χ2v) is 6.32. The zero-order valence-electron chi connectivity index (χ0n) is 13.0. The lowest BCUT2D eigenvalue weighted by atomic mass is 10.2. The maximum atomic E-state index is 12.0. The Morgan fingerprint density at radius 3 is 2.64 bits per heavy atom. The molecule has 11 nitrogen and oxygen atoms in total. The molecule has 0 unspecified atom stereocenters. The van der Waals surface area contributed by atoms with Gasteiger partial charge >= 0.3 is 12.1 Å². The number of carboxylic acid groups (broad SMARTS) is 1. The van der Waals surface area contributed by atoms with Crippen molar-refractivity contribution in [3.05, 3.63) is 41.0 Å². The number of hydrogen-bond donors (Lipinski definition) is 2. The number of ether oxygens (including phenoxy) is 1. The summed E-state index contributed by atoms with van der Waals surface area (Å²) in [5.74, 6) is -1.42. The minimum Gasteiger partial charge on any atom is -0.480 e. The van der Waals surface area contributed by atoms with Crippen LogP contribution in [-0.2, 0) is 19.6 Å². The summed E-state index contributed by atoms with van der Waals surface area (Å²) in [6, 6.07) is 2.77. The third-order valence-electron chi connectivity index (χ3n) is 2.83. The largest absolute Gasteiger partial charge is 0.480 e. The maximum absolute atomic E-state index is 12.0. The predicted octanol–water partition coefficient (Wildman–Crippen LogP) is 0.717. The van der Waals surface area contributed by atoms with Gasteiger partial charge in [-0.3, -0.25) is 19.8 Å². The molecule has 25 heavy (non-hydrogen) atoms. The third-order valence-corrected chi connectivity index (χ3v) is 4.23. The molecule has 1 aromatic rings. The molecule has 0 aliphatic rings. The number of nitro benzene ring substituents is 1. The smallest absolute Gasteiger partial charge is 0.414 e. The number of aliphatic carboxylic acids is 1. The average molecular weight is 373 g/mol. The Labute approximate surface area is 142 Å². The first-order chi connectivity index (χ1) is 11.6. The second kappa shape index (κ2) is 8.21. The van der Waals surface area contributed by atoms with Crippen LogP contribution in [0.1, 0.15) is 0 Å². The predicted molar refractivity (Wildman–Crippen MR) is 85.9 cm³/mol. The molecule has 0 saturated heterocycles. The lowest BCUT2D eigenvalue weighted by Crippen LogP contribution is -2.30. The Kier molecular flexibility index (Phi) is 6.59. The molecule has 0 atom stereocenters. The molecule has 2 N–H and O–H groups in total. The number of anilines is 1. The van der Waals surface area contributed by atoms with Crippen molar-refractivity contribution in [3.8, 4) is 0 Å². The quantitative estimate of drug-likeness (QED) is 0.383. The number of nitrogens with zero attached hydrogens (tertiary/aromatic N) is 2. The van der Waals surface area contributed by atoms with Gasteiger partial charge in [-0.15, -0.1) is 0 Å². The number of sulfonamides is 1. The van der Waals surface area contributed by atoms with Gasteiger partial charge in [-0.2, -0.15) is 4.72 Å². The molecule has 0 saturated carbocycles. The monoisotopic (exact) mass is 373 g/mol. The van der Waals surface area contributed by atoms with E-state index in [1.165, 1.54) is 13.1 Å². The van der Waals surface area contributed by atoms with Gasteiger partial charge in [-0.1, -0.05) is 12.7 Å². The molecule has 0 aliphatic carbocycles. The van der Waals surface area contributed by atoms with Crippen molar-refractivity contribution in [3.63, 3.8) is 0 Å². The Morgan fingerprint density at radius 1 is 1.48 bits per heavy atom. The van der Waals surface area contributed by atoms with Gasteiger partial charge in [0.05, 0.1) is 9.82 Å². The molecule has 0 heterocycles. The standard InChI is InChI=1S/C13H15N3O8S/c1-3-6-24-13(19)15(2)10-5-4-9(7-11(10)16(20)21)25(22,23)14-8-12(17)18/h3-5,7,14H,1,6,8H2,2H3,(H,17,18). The van der Waals surface area contributed by atoms with Crippen LogP contribution in [0.15, 0.2) is 35.7 Å². The van der Waals surface area contributed by atoms with Crippen molar-refractivity contribution in [1.29, 1.82) is 0 Å². The molecule has 1 rings (SSSR count). The van der Waals surface area contributed by atoms with E-state index in [-0.39, 0.29) is 12.3 Å². The van der Waals surface area contributed by atoms with Crippen LogP contribution in [0.25, 0.3) is 0 Å². The molecule has 12 heteroatoms. The van der Waals surface area contributed by atoms with Crippen LogP contribution >= 0.6 is 0 Å². The lowest BCUT2D eigenvalue weighted by Gasteiger charge is -2.17. The lowest BCUT2D eigenvalue weighted by molar-refractivity contribution is -0.384. The fourth-order valence-electron chi connectivity index (χ4n) is 1.67. The topological polar surface area (TPSA) is 156 Å². The minimum atomic E-state index is -4.27. The van der Waals surface area contributed by atoms with Crippen LogP contribution in [0.2, 0.25) is 0 Å². The van der Waals surface area contributed by atoms with Gasteiger partial charge in [0.25, 0.3) is 5.69 Å². The van der Waals surface area contributed by atoms with Crippen LogP contribution in [0.4, 0.5) is 16.2 Å². The molecule has 0 radical (unpaired) electrons. The number of carboxylic acids is 1. The van der Waals surface area contributed by atoms with E-state index in [0.717, 1.165) is 23.1 Å². The number of benzene rings is 1. The van der Waals surface area contributed by atoms with E-state index < -0.39 is 44.1 Å². The molecule has 0 bridgehead atoms. The molecule has 1 amide bonds. The highest BCUT2D eigenvalue weighted by molar-refractivity contribution is 7.89. The van der Waals surface area contributed by atoms with Crippen molar-refractivity contribution >= 4 is 33.5 Å². The van der Waals surface area contributed by atoms with Gasteiger partial charge in [-0.05, 0) is 12.1 Å². The Hall–Kier alpha value is -2.99. The Bertz CT molecular complexity index is 805. The Balaban J connectivity index is 3.24. The van der Waals surface area contributed by atoms with Gasteiger partial charge in [0, 0.05) is 13.1 Å². The molecular formula is C13H15N3O8S. The van der Waals surface area contributed by atoms with Crippen LogP contribution in [-0.4, -0.2) is 50.7 Å². The van der Waals surface area contributed by atoms with E-state index in [2.05, 4.69) is 6.58 Å². The summed E-state index contributed by atoms with van der Waals surface area (Å²) in [5.41, 5.74) is -0.868. The van der Waals surface area contributed by atoms with Crippen molar-refractivity contribution in [2.24, 2.45) is 0 Å². The maximum Gasteiger partial charge on any atom is 0.414 e. The van der Waals surface area contributed by atoms with Gasteiger partial charge in [0.2, 0.25) is 10.0 Å². The van der Waals surface area contributed by atoms with E-state index in [1.807, 2.05) is 0 Å². The van der Waals surface area contributed by atoms with Crippen molar-refractivity contribution < 1.29 is 32.8 Å². The van der Waals surface area contributed by atoms with E-state index in [4.69, 9.17) is 9.84 Å². The summed E-state index contributed by atoms with van der Waals surface area (Å²) in [7, 11) is -3.06. The van der Waals surface area contributed by atoms with Crippen molar-refractivity contribution in [2.45, 2.75) is 4.90 Å². The Morgan fingerprint density at radius 2 is 2.12 bits per heavy atom. The summed E-state index contributed by atoms with van der Waals surface area (Å²) in [6.07, 6.45) is 0.409. The zero-order chi connectivity index (χ0) is 19.2. The minimum absolute atomic E-state index is 0.109. The molecule has 0 aromatic heterocycles. The highest BCUT2D eigenvalue weighted by atomic mass is 32.2. The summed E-state index contributed by atoms with van der Waals surface area (Å²) < 4.78 is 30.4. The summed E-state index contributed by atoms with van der Waals surface area (Å²) >= 11 is 0. The number of carbonyl (C=O) groups is 2. The molecule has 0 fully saturated rings. The van der Waals surface area contributed by atoms with Crippen LogP contribution < -0.4 is 9.62 Å². The van der Waals surface area contributed by atoms with Gasteiger partial charge in [0.15, 0.2) is 0 Å². The van der Waals surface area contributed by atoms with Crippen molar-refractivity contribution in [2.75, 3.05) is 25.1 Å². The molecule has 136 valence electrons. The SMILES string of the molecule is C=CCOC(=O)N(C)c1ccc(S(=O)(=O)NCC(=O)O)cc1[N+](=O)[O-]. The summed E-state index contributed by atoms with van der Waals surface area (Å²) in [4.78, 5) is 32.9. The summed E-state index contributed by atoms with van der Waals surface area (Å²) in [5, 5.41) is 19.7. The second-order valence-electron chi connectivity index (χ2n) is 4.55. The van der Waals surface area contributed by atoms with Gasteiger partial charge < -0.3 is 9.84 Å². The molecule has 1 aromatic carbocycles. The van der Waals surface area contributed by atoms with Crippen molar-refractivity contribution in [1.82, 2.24) is 4.72 Å². The molecule has 0 spiro atoms. The first-order valence-corrected chi connectivity index (χ1v) is 8.09. The van der Waals surface area contributed by atoms with Crippen LogP contribution in [0.5, 0.6) is 0 Å². The number of nitrogens with one attached hydrogen (secondary N) is 1. The first kappa shape index (κ1) is 20.1. The number of amides is 1. The van der Waals surface area contributed by atoms with Crippen LogP contribution in [0.3, 0.4) is 0 Å².